The smallest absolute Gasteiger partial charge is 0.306 e. The summed E-state index contributed by atoms with van der Waals surface area (Å²) < 4.78 is 16.6. The van der Waals surface area contributed by atoms with Crippen LogP contribution >= 0.6 is 0 Å². The van der Waals surface area contributed by atoms with Crippen LogP contribution in [0.3, 0.4) is 0 Å². The van der Waals surface area contributed by atoms with E-state index in [-0.39, 0.29) is 31.1 Å². The predicted octanol–water partition coefficient (Wildman–Crippen LogP) is 14.2. The molecule has 308 valence electrons. The van der Waals surface area contributed by atoms with Crippen LogP contribution in [-0.4, -0.2) is 37.2 Å². The van der Waals surface area contributed by atoms with Crippen LogP contribution in [-0.2, 0) is 28.6 Å². The van der Waals surface area contributed by atoms with Gasteiger partial charge in [0.25, 0.3) is 0 Å². The average molecular weight is 745 g/mol. The first-order valence-electron chi connectivity index (χ1n) is 22.5. The molecule has 0 spiro atoms. The van der Waals surface area contributed by atoms with E-state index in [9.17, 15) is 14.4 Å². The third-order valence-corrected chi connectivity index (χ3v) is 9.63. The molecule has 0 rings (SSSR count). The zero-order valence-electron chi connectivity index (χ0n) is 35.0. The molecule has 0 fully saturated rings. The quantitative estimate of drug-likeness (QED) is 0.0269. The lowest BCUT2D eigenvalue weighted by Crippen LogP contribution is -2.30. The third-order valence-electron chi connectivity index (χ3n) is 9.63. The van der Waals surface area contributed by atoms with Gasteiger partial charge in [-0.2, -0.15) is 0 Å². The number of rotatable bonds is 40. The summed E-state index contributed by atoms with van der Waals surface area (Å²) in [6, 6.07) is 0. The molecule has 0 saturated heterocycles. The Labute approximate surface area is 327 Å². The molecule has 0 aromatic rings. The van der Waals surface area contributed by atoms with E-state index in [4.69, 9.17) is 14.2 Å². The molecular weight excluding hydrogens is 661 g/mol. The van der Waals surface area contributed by atoms with Gasteiger partial charge in [0.2, 0.25) is 0 Å². The molecule has 0 amide bonds. The molecule has 0 aliphatic carbocycles. The van der Waals surface area contributed by atoms with Crippen molar-refractivity contribution in [3.05, 3.63) is 36.5 Å². The van der Waals surface area contributed by atoms with E-state index in [0.717, 1.165) is 89.9 Å². The van der Waals surface area contributed by atoms with Crippen LogP contribution in [0.4, 0.5) is 0 Å². The van der Waals surface area contributed by atoms with Crippen molar-refractivity contribution in [2.75, 3.05) is 13.2 Å². The van der Waals surface area contributed by atoms with Gasteiger partial charge in [-0.25, -0.2) is 0 Å². The molecule has 0 aromatic heterocycles. The molecule has 6 nitrogen and oxygen atoms in total. The van der Waals surface area contributed by atoms with Crippen molar-refractivity contribution in [3.8, 4) is 0 Å². The zero-order chi connectivity index (χ0) is 38.7. The van der Waals surface area contributed by atoms with Crippen LogP contribution in [0, 0.1) is 0 Å². The van der Waals surface area contributed by atoms with Crippen LogP contribution in [0.5, 0.6) is 0 Å². The Morgan fingerprint density at radius 1 is 0.396 bits per heavy atom. The fourth-order valence-electron chi connectivity index (χ4n) is 6.25. The number of unbranched alkanes of at least 4 members (excludes halogenated alkanes) is 23. The Balaban J connectivity index is 4.37. The number of carbonyl (C=O) groups excluding carboxylic acids is 3. The number of ether oxygens (including phenoxy) is 3. The fourth-order valence-corrected chi connectivity index (χ4v) is 6.25. The number of hydrogen-bond acceptors (Lipinski definition) is 6. The minimum atomic E-state index is -0.784. The minimum Gasteiger partial charge on any atom is -0.462 e. The van der Waals surface area contributed by atoms with E-state index in [1.165, 1.54) is 96.3 Å². The molecule has 0 aliphatic heterocycles. The van der Waals surface area contributed by atoms with Crippen LogP contribution in [0.1, 0.15) is 226 Å². The average Bonchev–Trinajstić information content (AvgIpc) is 3.15. The molecule has 1 atom stereocenters. The molecule has 1 unspecified atom stereocenters. The summed E-state index contributed by atoms with van der Waals surface area (Å²) in [5.41, 5.74) is 0. The maximum Gasteiger partial charge on any atom is 0.306 e. The summed E-state index contributed by atoms with van der Waals surface area (Å²) in [5, 5.41) is 0. The highest BCUT2D eigenvalue weighted by Crippen LogP contribution is 2.14. The van der Waals surface area contributed by atoms with Gasteiger partial charge in [-0.15, -0.1) is 0 Å². The summed E-state index contributed by atoms with van der Waals surface area (Å²) in [7, 11) is 0. The Bertz CT molecular complexity index is 907. The van der Waals surface area contributed by atoms with Crippen molar-refractivity contribution < 1.29 is 28.6 Å². The maximum absolute atomic E-state index is 12.7. The Morgan fingerprint density at radius 3 is 1.25 bits per heavy atom. The van der Waals surface area contributed by atoms with E-state index < -0.39 is 6.10 Å². The van der Waals surface area contributed by atoms with Crippen LogP contribution < -0.4 is 0 Å². The molecule has 6 heteroatoms. The normalized spacial score (nSPS) is 12.3. The van der Waals surface area contributed by atoms with Crippen molar-refractivity contribution in [2.24, 2.45) is 0 Å². The van der Waals surface area contributed by atoms with Gasteiger partial charge in [0.05, 0.1) is 0 Å². The topological polar surface area (TPSA) is 78.9 Å². The molecule has 0 aromatic carbocycles. The van der Waals surface area contributed by atoms with Crippen molar-refractivity contribution in [1.82, 2.24) is 0 Å². The number of hydrogen-bond donors (Lipinski definition) is 0. The molecule has 0 heterocycles. The predicted molar refractivity (Wildman–Crippen MR) is 224 cm³/mol. The summed E-state index contributed by atoms with van der Waals surface area (Å²) in [4.78, 5) is 37.6. The van der Waals surface area contributed by atoms with Crippen LogP contribution in [0.2, 0.25) is 0 Å². The van der Waals surface area contributed by atoms with Gasteiger partial charge in [0.1, 0.15) is 13.2 Å². The van der Waals surface area contributed by atoms with Gasteiger partial charge in [0.15, 0.2) is 6.10 Å². The second-order valence-electron chi connectivity index (χ2n) is 14.9. The van der Waals surface area contributed by atoms with Gasteiger partial charge in [-0.3, -0.25) is 14.4 Å². The summed E-state index contributed by atoms with van der Waals surface area (Å²) in [6.07, 6.45) is 47.1. The largest absolute Gasteiger partial charge is 0.462 e. The molecular formula is C47H84O6. The van der Waals surface area contributed by atoms with Crippen molar-refractivity contribution in [3.63, 3.8) is 0 Å². The van der Waals surface area contributed by atoms with Crippen molar-refractivity contribution >= 4 is 17.9 Å². The SMILES string of the molecule is CC/C=C\C/C=C\CCCCCCCC(=O)OC(COC(=O)CCC/C=C\CCCCCC)COC(=O)CCCCCCCCCCCCCCCC. The lowest BCUT2D eigenvalue weighted by atomic mass is 10.0. The van der Waals surface area contributed by atoms with Gasteiger partial charge < -0.3 is 14.2 Å². The summed E-state index contributed by atoms with van der Waals surface area (Å²) in [6.45, 7) is 6.45. The molecule has 53 heavy (non-hydrogen) atoms. The monoisotopic (exact) mass is 745 g/mol. The molecule has 0 aliphatic rings. The lowest BCUT2D eigenvalue weighted by molar-refractivity contribution is -0.167. The molecule has 0 bridgehead atoms. The Kier molecular flexibility index (Phi) is 40.5. The first kappa shape index (κ1) is 50.6. The second kappa shape index (κ2) is 42.4. The van der Waals surface area contributed by atoms with Gasteiger partial charge in [0, 0.05) is 19.3 Å². The molecule has 0 radical (unpaired) electrons. The first-order valence-corrected chi connectivity index (χ1v) is 22.5. The van der Waals surface area contributed by atoms with E-state index in [1.807, 2.05) is 0 Å². The number of esters is 3. The Morgan fingerprint density at radius 2 is 0.755 bits per heavy atom. The van der Waals surface area contributed by atoms with E-state index >= 15 is 0 Å². The minimum absolute atomic E-state index is 0.0843. The standard InChI is InChI=1S/C47H84O6/c1-4-7-10-13-16-19-21-23-24-26-28-31-34-37-40-46(49)52-43-44(42-51-45(48)39-36-33-30-27-18-15-12-9-6-3)53-47(50)41-38-35-32-29-25-22-20-17-14-11-8-5-2/h8,11,17,20,27,30,44H,4-7,9-10,12-16,18-19,21-26,28-29,31-43H2,1-3H3/b11-8-,20-17-,30-27-. The second-order valence-corrected chi connectivity index (χ2v) is 14.9. The first-order chi connectivity index (χ1) is 26.0. The van der Waals surface area contributed by atoms with Gasteiger partial charge in [-0.05, 0) is 64.2 Å². The van der Waals surface area contributed by atoms with Gasteiger partial charge in [-0.1, -0.05) is 179 Å². The van der Waals surface area contributed by atoms with Crippen molar-refractivity contribution in [1.29, 1.82) is 0 Å². The zero-order valence-corrected chi connectivity index (χ0v) is 35.0. The highest BCUT2D eigenvalue weighted by molar-refractivity contribution is 5.71. The number of carbonyl (C=O) groups is 3. The van der Waals surface area contributed by atoms with E-state index in [2.05, 4.69) is 57.2 Å². The summed E-state index contributed by atoms with van der Waals surface area (Å²) >= 11 is 0. The van der Waals surface area contributed by atoms with Crippen molar-refractivity contribution in [2.45, 2.75) is 232 Å². The van der Waals surface area contributed by atoms with E-state index in [1.54, 1.807) is 0 Å². The molecule has 0 saturated carbocycles. The van der Waals surface area contributed by atoms with Gasteiger partial charge >= 0.3 is 17.9 Å². The van der Waals surface area contributed by atoms with E-state index in [0.29, 0.717) is 19.3 Å². The summed E-state index contributed by atoms with van der Waals surface area (Å²) in [5.74, 6) is -0.935. The highest BCUT2D eigenvalue weighted by atomic mass is 16.6. The third kappa shape index (κ3) is 40.6. The fraction of sp³-hybridized carbons (Fsp3) is 0.809. The maximum atomic E-state index is 12.7. The lowest BCUT2D eigenvalue weighted by Gasteiger charge is -2.18. The Hall–Kier alpha value is -2.37. The highest BCUT2D eigenvalue weighted by Gasteiger charge is 2.19. The van der Waals surface area contributed by atoms with Crippen LogP contribution in [0.25, 0.3) is 0 Å². The molecule has 0 N–H and O–H groups in total. The van der Waals surface area contributed by atoms with Crippen LogP contribution in [0.15, 0.2) is 36.5 Å². The number of allylic oxidation sites excluding steroid dienone is 6.